The van der Waals surface area contributed by atoms with Crippen LogP contribution in [0.5, 0.6) is 0 Å². The molecule has 0 atom stereocenters. The van der Waals surface area contributed by atoms with E-state index in [-0.39, 0.29) is 5.91 Å². The lowest BCUT2D eigenvalue weighted by Crippen LogP contribution is -2.31. The van der Waals surface area contributed by atoms with Crippen molar-refractivity contribution in [3.05, 3.63) is 0 Å². The number of rotatable bonds is 5. The lowest BCUT2D eigenvalue weighted by molar-refractivity contribution is -0.122. The Morgan fingerprint density at radius 1 is 1.46 bits per heavy atom. The number of halogens is 1. The molecule has 2 nitrogen and oxygen atoms in total. The van der Waals surface area contributed by atoms with Crippen LogP contribution in [-0.4, -0.2) is 18.3 Å². The highest BCUT2D eigenvalue weighted by molar-refractivity contribution is 6.17. The van der Waals surface area contributed by atoms with Gasteiger partial charge in [-0.25, -0.2) is 0 Å². The fourth-order valence-electron chi connectivity index (χ4n) is 1.66. The second-order valence-corrected chi connectivity index (χ2v) is 4.81. The first-order chi connectivity index (χ1) is 6.26. The van der Waals surface area contributed by atoms with Crippen molar-refractivity contribution in [2.45, 2.75) is 32.1 Å². The molecule has 2 rings (SSSR count). The molecule has 0 radical (unpaired) electrons. The standard InChI is InChI=1S/C10H16ClNO/c11-6-5-10(3-4-10)7-12-9(13)8-1-2-8/h8H,1-7H2,(H,12,13). The number of alkyl halides is 1. The number of amides is 1. The predicted octanol–water partition coefficient (Wildman–Crippen LogP) is 1.92. The minimum absolute atomic E-state index is 0.265. The molecule has 1 amide bonds. The van der Waals surface area contributed by atoms with Crippen LogP contribution in [0.4, 0.5) is 0 Å². The van der Waals surface area contributed by atoms with Crippen molar-refractivity contribution in [2.24, 2.45) is 11.3 Å². The van der Waals surface area contributed by atoms with Gasteiger partial charge in [0.1, 0.15) is 0 Å². The smallest absolute Gasteiger partial charge is 0.223 e. The first kappa shape index (κ1) is 9.32. The molecule has 0 aromatic carbocycles. The molecule has 0 bridgehead atoms. The molecule has 13 heavy (non-hydrogen) atoms. The topological polar surface area (TPSA) is 29.1 Å². The van der Waals surface area contributed by atoms with Crippen molar-refractivity contribution in [1.82, 2.24) is 5.32 Å². The van der Waals surface area contributed by atoms with Crippen LogP contribution in [-0.2, 0) is 4.79 Å². The van der Waals surface area contributed by atoms with Crippen molar-refractivity contribution in [3.63, 3.8) is 0 Å². The molecule has 2 aliphatic carbocycles. The number of nitrogens with one attached hydrogen (secondary N) is 1. The van der Waals surface area contributed by atoms with Crippen LogP contribution < -0.4 is 5.32 Å². The molecule has 0 spiro atoms. The van der Waals surface area contributed by atoms with Gasteiger partial charge in [-0.3, -0.25) is 4.79 Å². The Morgan fingerprint density at radius 3 is 2.62 bits per heavy atom. The van der Waals surface area contributed by atoms with E-state index in [1.165, 1.54) is 12.8 Å². The highest BCUT2D eigenvalue weighted by Crippen LogP contribution is 2.48. The summed E-state index contributed by atoms with van der Waals surface area (Å²) in [6.45, 7) is 0.856. The molecule has 1 N–H and O–H groups in total. The van der Waals surface area contributed by atoms with Gasteiger partial charge < -0.3 is 5.32 Å². The molecule has 0 unspecified atom stereocenters. The zero-order chi connectivity index (χ0) is 9.31. The number of hydrogen-bond donors (Lipinski definition) is 1. The molecule has 0 aromatic heterocycles. The maximum Gasteiger partial charge on any atom is 0.223 e. The highest BCUT2D eigenvalue weighted by atomic mass is 35.5. The third-order valence-corrected chi connectivity index (χ3v) is 3.36. The van der Waals surface area contributed by atoms with E-state index in [1.54, 1.807) is 0 Å². The zero-order valence-corrected chi connectivity index (χ0v) is 8.57. The van der Waals surface area contributed by atoms with Gasteiger partial charge in [0.25, 0.3) is 0 Å². The summed E-state index contributed by atoms with van der Waals surface area (Å²) in [7, 11) is 0. The molecule has 74 valence electrons. The summed E-state index contributed by atoms with van der Waals surface area (Å²) < 4.78 is 0. The predicted molar refractivity (Wildman–Crippen MR) is 52.7 cm³/mol. The lowest BCUT2D eigenvalue weighted by atomic mass is 10.0. The van der Waals surface area contributed by atoms with E-state index in [0.29, 0.717) is 11.3 Å². The van der Waals surface area contributed by atoms with Gasteiger partial charge in [0.15, 0.2) is 0 Å². The summed E-state index contributed by atoms with van der Waals surface area (Å²) in [5, 5.41) is 3.03. The summed E-state index contributed by atoms with van der Waals surface area (Å²) in [5.41, 5.74) is 0.381. The van der Waals surface area contributed by atoms with Gasteiger partial charge in [-0.1, -0.05) is 0 Å². The second-order valence-electron chi connectivity index (χ2n) is 4.43. The third kappa shape index (κ3) is 2.37. The minimum atomic E-state index is 0.265. The quantitative estimate of drug-likeness (QED) is 0.677. The minimum Gasteiger partial charge on any atom is -0.355 e. The SMILES string of the molecule is O=C(NCC1(CCCl)CC1)C1CC1. The van der Waals surface area contributed by atoms with Crippen LogP contribution in [0.25, 0.3) is 0 Å². The van der Waals surface area contributed by atoms with E-state index in [9.17, 15) is 4.79 Å². The van der Waals surface area contributed by atoms with Gasteiger partial charge >= 0.3 is 0 Å². The van der Waals surface area contributed by atoms with Gasteiger partial charge in [-0.05, 0) is 37.5 Å². The van der Waals surface area contributed by atoms with Crippen LogP contribution in [0, 0.1) is 11.3 Å². The Kier molecular flexibility index (Phi) is 2.50. The molecule has 0 heterocycles. The van der Waals surface area contributed by atoms with E-state index in [0.717, 1.165) is 31.7 Å². The second kappa shape index (κ2) is 3.49. The summed E-state index contributed by atoms with van der Waals surface area (Å²) >= 11 is 5.70. The summed E-state index contributed by atoms with van der Waals surface area (Å²) in [6.07, 6.45) is 5.72. The molecule has 2 aliphatic rings. The van der Waals surface area contributed by atoms with Gasteiger partial charge in [-0.15, -0.1) is 11.6 Å². The van der Waals surface area contributed by atoms with E-state index in [2.05, 4.69) is 5.32 Å². The Bertz CT molecular complexity index is 209. The first-order valence-corrected chi connectivity index (χ1v) is 5.63. The maximum atomic E-state index is 11.3. The van der Waals surface area contributed by atoms with Crippen molar-refractivity contribution < 1.29 is 4.79 Å². The number of carbonyl (C=O) groups excluding carboxylic acids is 1. The summed E-state index contributed by atoms with van der Waals surface area (Å²) in [4.78, 5) is 11.3. The highest BCUT2D eigenvalue weighted by Gasteiger charge is 2.42. The van der Waals surface area contributed by atoms with Gasteiger partial charge in [0.05, 0.1) is 0 Å². The number of hydrogen-bond acceptors (Lipinski definition) is 1. The first-order valence-electron chi connectivity index (χ1n) is 5.09. The Hall–Kier alpha value is -0.240. The molecule has 3 heteroatoms. The number of carbonyl (C=O) groups is 1. The Morgan fingerprint density at radius 2 is 2.15 bits per heavy atom. The Balaban J connectivity index is 1.69. The zero-order valence-electron chi connectivity index (χ0n) is 7.81. The van der Waals surface area contributed by atoms with Crippen molar-refractivity contribution in [3.8, 4) is 0 Å². The van der Waals surface area contributed by atoms with Crippen LogP contribution >= 0.6 is 11.6 Å². The van der Waals surface area contributed by atoms with E-state index < -0.39 is 0 Å². The van der Waals surface area contributed by atoms with Gasteiger partial charge in [0, 0.05) is 18.3 Å². The van der Waals surface area contributed by atoms with Crippen molar-refractivity contribution in [2.75, 3.05) is 12.4 Å². The molecule has 0 saturated heterocycles. The van der Waals surface area contributed by atoms with Crippen molar-refractivity contribution >= 4 is 17.5 Å². The monoisotopic (exact) mass is 201 g/mol. The molecule has 0 aromatic rings. The average Bonchev–Trinajstić information content (AvgIpc) is 2.97. The van der Waals surface area contributed by atoms with Crippen LogP contribution in [0.15, 0.2) is 0 Å². The van der Waals surface area contributed by atoms with Crippen LogP contribution in [0.1, 0.15) is 32.1 Å². The lowest BCUT2D eigenvalue weighted by Gasteiger charge is -2.13. The molecular formula is C10H16ClNO. The van der Waals surface area contributed by atoms with Crippen molar-refractivity contribution in [1.29, 1.82) is 0 Å². The van der Waals surface area contributed by atoms with E-state index >= 15 is 0 Å². The fourth-order valence-corrected chi connectivity index (χ4v) is 2.06. The summed E-state index contributed by atoms with van der Waals surface area (Å²) in [5.74, 6) is 1.33. The maximum absolute atomic E-state index is 11.3. The fraction of sp³-hybridized carbons (Fsp3) is 0.900. The largest absolute Gasteiger partial charge is 0.355 e. The Labute approximate surface area is 84.0 Å². The van der Waals surface area contributed by atoms with E-state index in [1.807, 2.05) is 0 Å². The summed E-state index contributed by atoms with van der Waals surface area (Å²) in [6, 6.07) is 0. The molecule has 2 fully saturated rings. The average molecular weight is 202 g/mol. The van der Waals surface area contributed by atoms with Crippen LogP contribution in [0.3, 0.4) is 0 Å². The van der Waals surface area contributed by atoms with Gasteiger partial charge in [-0.2, -0.15) is 0 Å². The van der Waals surface area contributed by atoms with Gasteiger partial charge in [0.2, 0.25) is 5.91 Å². The van der Waals surface area contributed by atoms with E-state index in [4.69, 9.17) is 11.6 Å². The molecule has 0 aliphatic heterocycles. The normalized spacial score (nSPS) is 24.1. The molecular weight excluding hydrogens is 186 g/mol. The third-order valence-electron chi connectivity index (χ3n) is 3.17. The molecule has 2 saturated carbocycles. The van der Waals surface area contributed by atoms with Crippen LogP contribution in [0.2, 0.25) is 0 Å².